The molecule has 1 atom stereocenters. The molecule has 1 rings (SSSR count). The van der Waals surface area contributed by atoms with Gasteiger partial charge >= 0.3 is 0 Å². The lowest BCUT2D eigenvalue weighted by atomic mass is 10.1. The van der Waals surface area contributed by atoms with Crippen LogP contribution in [0, 0.1) is 5.92 Å². The van der Waals surface area contributed by atoms with Crippen LogP contribution in [0.1, 0.15) is 13.3 Å². The topological polar surface area (TPSA) is 38.4 Å². The molecule has 0 fully saturated rings. The minimum absolute atomic E-state index is 0.510. The Hall–Kier alpha value is -0.700. The Morgan fingerprint density at radius 1 is 1.82 bits per heavy atom. The summed E-state index contributed by atoms with van der Waals surface area (Å²) in [6.07, 6.45) is 8.51. The first kappa shape index (κ1) is 8.40. The summed E-state index contributed by atoms with van der Waals surface area (Å²) in [5, 5.41) is 0. The fourth-order valence-electron chi connectivity index (χ4n) is 0.917. The predicted octanol–water partition coefficient (Wildman–Crippen LogP) is 2.10. The molecule has 1 aliphatic rings. The van der Waals surface area contributed by atoms with E-state index in [4.69, 9.17) is 5.73 Å². The monoisotopic (exact) mass is 168 g/mol. The third-order valence-corrected chi connectivity index (χ3v) is 2.45. The Morgan fingerprint density at radius 3 is 3.27 bits per heavy atom. The van der Waals surface area contributed by atoms with Gasteiger partial charge in [0.1, 0.15) is 0 Å². The second-order valence-electron chi connectivity index (χ2n) is 2.31. The van der Waals surface area contributed by atoms with Crippen molar-refractivity contribution in [2.45, 2.75) is 13.3 Å². The lowest BCUT2D eigenvalue weighted by molar-refractivity contribution is 0.828. The standard InChI is InChI=1S/C8H12N2S/c1-2-7-6-10-11-8(7)4-3-5-9/h3-7H,2,9H2,1H3/b5-3-,8-4+. The molecule has 0 aromatic carbocycles. The third kappa shape index (κ3) is 2.12. The van der Waals surface area contributed by atoms with Crippen LogP contribution in [0.5, 0.6) is 0 Å². The molecule has 0 saturated carbocycles. The van der Waals surface area contributed by atoms with Gasteiger partial charge < -0.3 is 5.73 Å². The van der Waals surface area contributed by atoms with Gasteiger partial charge in [0.15, 0.2) is 0 Å². The first-order chi connectivity index (χ1) is 5.38. The van der Waals surface area contributed by atoms with Gasteiger partial charge in [-0.2, -0.15) is 0 Å². The van der Waals surface area contributed by atoms with E-state index < -0.39 is 0 Å². The molecule has 1 unspecified atom stereocenters. The quantitative estimate of drug-likeness (QED) is 0.641. The van der Waals surface area contributed by atoms with Crippen molar-refractivity contribution in [1.29, 1.82) is 0 Å². The second kappa shape index (κ2) is 4.23. The van der Waals surface area contributed by atoms with Crippen LogP contribution in [0.4, 0.5) is 0 Å². The van der Waals surface area contributed by atoms with E-state index in [1.165, 1.54) is 16.9 Å². The molecule has 0 aromatic heterocycles. The van der Waals surface area contributed by atoms with Crippen molar-refractivity contribution in [3.05, 3.63) is 23.3 Å². The van der Waals surface area contributed by atoms with Crippen LogP contribution in [0.25, 0.3) is 0 Å². The zero-order chi connectivity index (χ0) is 8.10. The van der Waals surface area contributed by atoms with Crippen LogP contribution < -0.4 is 5.73 Å². The normalized spacial score (nSPS) is 27.4. The maximum atomic E-state index is 5.22. The molecule has 1 aliphatic heterocycles. The van der Waals surface area contributed by atoms with Gasteiger partial charge in [-0.15, -0.1) is 0 Å². The highest BCUT2D eigenvalue weighted by Gasteiger charge is 2.14. The first-order valence-corrected chi connectivity index (χ1v) is 4.44. The van der Waals surface area contributed by atoms with E-state index in [-0.39, 0.29) is 0 Å². The van der Waals surface area contributed by atoms with Gasteiger partial charge in [-0.3, -0.25) is 0 Å². The van der Waals surface area contributed by atoms with Crippen molar-refractivity contribution in [1.82, 2.24) is 0 Å². The molecule has 11 heavy (non-hydrogen) atoms. The van der Waals surface area contributed by atoms with E-state index in [2.05, 4.69) is 11.3 Å². The first-order valence-electron chi connectivity index (χ1n) is 3.67. The largest absolute Gasteiger partial charge is 0.405 e. The predicted molar refractivity (Wildman–Crippen MR) is 51.3 cm³/mol. The van der Waals surface area contributed by atoms with Crippen LogP contribution in [-0.2, 0) is 0 Å². The van der Waals surface area contributed by atoms with Crippen molar-refractivity contribution in [2.75, 3.05) is 0 Å². The average molecular weight is 168 g/mol. The van der Waals surface area contributed by atoms with Crippen molar-refractivity contribution >= 4 is 18.2 Å². The Morgan fingerprint density at radius 2 is 2.64 bits per heavy atom. The SMILES string of the molecule is CCC1C=NS/C1=C/C=C\N. The number of rotatable bonds is 2. The third-order valence-electron chi connectivity index (χ3n) is 1.58. The molecule has 0 bridgehead atoms. The smallest absolute Gasteiger partial charge is 0.0276 e. The van der Waals surface area contributed by atoms with Crippen LogP contribution in [-0.4, -0.2) is 6.21 Å². The van der Waals surface area contributed by atoms with E-state index in [1.54, 1.807) is 6.20 Å². The molecule has 0 radical (unpaired) electrons. The van der Waals surface area contributed by atoms with E-state index in [9.17, 15) is 0 Å². The fourth-order valence-corrected chi connectivity index (χ4v) is 1.75. The van der Waals surface area contributed by atoms with Gasteiger partial charge in [0.05, 0.1) is 0 Å². The van der Waals surface area contributed by atoms with Crippen LogP contribution in [0.15, 0.2) is 27.7 Å². The summed E-state index contributed by atoms with van der Waals surface area (Å²) >= 11 is 1.54. The minimum Gasteiger partial charge on any atom is -0.405 e. The zero-order valence-corrected chi connectivity index (χ0v) is 7.34. The van der Waals surface area contributed by atoms with E-state index in [0.717, 1.165) is 6.42 Å². The zero-order valence-electron chi connectivity index (χ0n) is 6.53. The Balaban J connectivity index is 2.60. The maximum Gasteiger partial charge on any atom is 0.0276 e. The fraction of sp³-hybridized carbons (Fsp3) is 0.375. The number of hydrogen-bond donors (Lipinski definition) is 1. The molecule has 0 saturated heterocycles. The highest BCUT2D eigenvalue weighted by atomic mass is 32.2. The molecule has 2 nitrogen and oxygen atoms in total. The van der Waals surface area contributed by atoms with Gasteiger partial charge in [0, 0.05) is 29.0 Å². The molecule has 1 heterocycles. The minimum atomic E-state index is 0.510. The van der Waals surface area contributed by atoms with E-state index in [0.29, 0.717) is 5.92 Å². The summed E-state index contributed by atoms with van der Waals surface area (Å²) in [7, 11) is 0. The summed E-state index contributed by atoms with van der Waals surface area (Å²) < 4.78 is 4.12. The van der Waals surface area contributed by atoms with Crippen molar-refractivity contribution in [3.8, 4) is 0 Å². The van der Waals surface area contributed by atoms with Crippen molar-refractivity contribution in [3.63, 3.8) is 0 Å². The van der Waals surface area contributed by atoms with E-state index >= 15 is 0 Å². The molecule has 60 valence electrons. The Bertz CT molecular complexity index is 206. The molecule has 0 aliphatic carbocycles. The van der Waals surface area contributed by atoms with Crippen molar-refractivity contribution in [2.24, 2.45) is 16.0 Å². The molecule has 0 spiro atoms. The van der Waals surface area contributed by atoms with E-state index in [1.807, 2.05) is 18.4 Å². The van der Waals surface area contributed by atoms with Gasteiger partial charge in [0.2, 0.25) is 0 Å². The van der Waals surface area contributed by atoms with Gasteiger partial charge in [0.25, 0.3) is 0 Å². The molecule has 2 N–H and O–H groups in total. The summed E-state index contributed by atoms with van der Waals surface area (Å²) in [5.41, 5.74) is 5.22. The van der Waals surface area contributed by atoms with Crippen LogP contribution >= 0.6 is 11.9 Å². The molecular formula is C8H12N2S. The molecule has 3 heteroatoms. The second-order valence-corrected chi connectivity index (χ2v) is 3.18. The summed E-state index contributed by atoms with van der Waals surface area (Å²) in [5.74, 6) is 0.510. The Kier molecular flexibility index (Phi) is 3.23. The lowest BCUT2D eigenvalue weighted by Crippen LogP contribution is -1.95. The summed E-state index contributed by atoms with van der Waals surface area (Å²) in [6, 6.07) is 0. The highest BCUT2D eigenvalue weighted by Crippen LogP contribution is 2.32. The molecular weight excluding hydrogens is 156 g/mol. The number of nitrogens with two attached hydrogens (primary N) is 1. The highest BCUT2D eigenvalue weighted by molar-refractivity contribution is 8.02. The van der Waals surface area contributed by atoms with Crippen LogP contribution in [0.2, 0.25) is 0 Å². The Labute approximate surface area is 71.4 Å². The van der Waals surface area contributed by atoms with Crippen LogP contribution in [0.3, 0.4) is 0 Å². The number of hydrogen-bond acceptors (Lipinski definition) is 3. The van der Waals surface area contributed by atoms with Gasteiger partial charge in [-0.05, 0) is 24.8 Å². The lowest BCUT2D eigenvalue weighted by Gasteiger charge is -2.01. The number of allylic oxidation sites excluding steroid dienone is 3. The average Bonchev–Trinajstić information content (AvgIpc) is 2.47. The summed E-state index contributed by atoms with van der Waals surface area (Å²) in [4.78, 5) is 1.29. The molecule has 0 aromatic rings. The van der Waals surface area contributed by atoms with Gasteiger partial charge in [-0.25, -0.2) is 4.40 Å². The molecule has 0 amide bonds. The van der Waals surface area contributed by atoms with Crippen molar-refractivity contribution < 1.29 is 0 Å². The number of nitrogens with zero attached hydrogens (tertiary/aromatic N) is 1. The van der Waals surface area contributed by atoms with Gasteiger partial charge in [-0.1, -0.05) is 6.92 Å². The maximum absolute atomic E-state index is 5.22. The summed E-state index contributed by atoms with van der Waals surface area (Å²) in [6.45, 7) is 2.16.